The van der Waals surface area contributed by atoms with Crippen LogP contribution in [0.25, 0.3) is 10.2 Å². The molecule has 194 valence electrons. The standard InChI is InChI=1S/C28H35N7OS/c1-18(2)21-17-37-26-24(21)25(31-23-8-6-7-22(30-23)28(3,4)36)32-27(33-26)29-19-9-11-20(12-10-19)35-15-13-34(5)14-16-35/h6-12,17-18,36H,13-16H2,1-5H3,(H2,29,30,31,32,33). The van der Waals surface area contributed by atoms with Crippen molar-refractivity contribution in [2.24, 2.45) is 0 Å². The third-order valence-electron chi connectivity index (χ3n) is 6.70. The summed E-state index contributed by atoms with van der Waals surface area (Å²) in [7, 11) is 2.17. The molecule has 1 aromatic carbocycles. The molecule has 1 aliphatic heterocycles. The van der Waals surface area contributed by atoms with Crippen LogP contribution in [0.4, 0.5) is 29.0 Å². The maximum Gasteiger partial charge on any atom is 0.230 e. The van der Waals surface area contributed by atoms with E-state index in [0.29, 0.717) is 29.2 Å². The molecular formula is C28H35N7OS. The summed E-state index contributed by atoms with van der Waals surface area (Å²) < 4.78 is 0. The van der Waals surface area contributed by atoms with Crippen molar-refractivity contribution < 1.29 is 5.11 Å². The lowest BCUT2D eigenvalue weighted by Crippen LogP contribution is -2.44. The fourth-order valence-corrected chi connectivity index (χ4v) is 5.55. The largest absolute Gasteiger partial charge is 0.384 e. The first-order valence-electron chi connectivity index (χ1n) is 12.7. The lowest BCUT2D eigenvalue weighted by molar-refractivity contribution is 0.0740. The lowest BCUT2D eigenvalue weighted by Gasteiger charge is -2.34. The second kappa shape index (κ2) is 10.2. The number of nitrogens with zero attached hydrogens (tertiary/aromatic N) is 5. The molecule has 5 rings (SSSR count). The summed E-state index contributed by atoms with van der Waals surface area (Å²) >= 11 is 1.62. The van der Waals surface area contributed by atoms with E-state index in [1.54, 1.807) is 25.2 Å². The van der Waals surface area contributed by atoms with Crippen LogP contribution < -0.4 is 15.5 Å². The molecule has 4 aromatic rings. The van der Waals surface area contributed by atoms with E-state index in [4.69, 9.17) is 9.97 Å². The number of aliphatic hydroxyl groups is 1. The highest BCUT2D eigenvalue weighted by molar-refractivity contribution is 7.17. The number of aromatic nitrogens is 3. The normalized spacial score (nSPS) is 14.9. The van der Waals surface area contributed by atoms with Crippen LogP contribution in [0, 0.1) is 0 Å². The number of rotatable bonds is 7. The number of likely N-dealkylation sites (N-methyl/N-ethyl adjacent to an activating group) is 1. The summed E-state index contributed by atoms with van der Waals surface area (Å²) in [6.45, 7) is 12.0. The molecule has 3 N–H and O–H groups in total. The molecule has 37 heavy (non-hydrogen) atoms. The fourth-order valence-electron chi connectivity index (χ4n) is 4.45. The van der Waals surface area contributed by atoms with Crippen LogP contribution >= 0.6 is 11.3 Å². The number of hydrogen-bond donors (Lipinski definition) is 3. The van der Waals surface area contributed by atoms with E-state index in [9.17, 15) is 5.11 Å². The van der Waals surface area contributed by atoms with E-state index in [0.717, 1.165) is 42.1 Å². The number of thiophene rings is 1. The number of hydrogen-bond acceptors (Lipinski definition) is 9. The van der Waals surface area contributed by atoms with E-state index in [1.165, 1.54) is 11.3 Å². The van der Waals surface area contributed by atoms with Gasteiger partial charge >= 0.3 is 0 Å². The molecule has 0 saturated carbocycles. The minimum Gasteiger partial charge on any atom is -0.384 e. The van der Waals surface area contributed by atoms with Crippen molar-refractivity contribution in [1.29, 1.82) is 0 Å². The second-order valence-electron chi connectivity index (χ2n) is 10.5. The van der Waals surface area contributed by atoms with Gasteiger partial charge in [0.25, 0.3) is 0 Å². The first-order valence-corrected chi connectivity index (χ1v) is 13.6. The maximum absolute atomic E-state index is 10.4. The Labute approximate surface area is 222 Å². The number of pyridine rings is 1. The Kier molecular flexibility index (Phi) is 7.02. The number of benzene rings is 1. The van der Waals surface area contributed by atoms with Crippen molar-refractivity contribution >= 4 is 50.5 Å². The average Bonchev–Trinajstić information content (AvgIpc) is 3.30. The molecule has 8 nitrogen and oxygen atoms in total. The van der Waals surface area contributed by atoms with Gasteiger partial charge in [0.2, 0.25) is 5.95 Å². The highest BCUT2D eigenvalue weighted by atomic mass is 32.1. The lowest BCUT2D eigenvalue weighted by atomic mass is 10.0. The molecule has 0 amide bonds. The van der Waals surface area contributed by atoms with Crippen LogP contribution in [0.5, 0.6) is 0 Å². The van der Waals surface area contributed by atoms with Crippen molar-refractivity contribution in [2.75, 3.05) is 48.8 Å². The monoisotopic (exact) mass is 517 g/mol. The van der Waals surface area contributed by atoms with Gasteiger partial charge in [-0.15, -0.1) is 11.3 Å². The van der Waals surface area contributed by atoms with Crippen molar-refractivity contribution in [3.8, 4) is 0 Å². The van der Waals surface area contributed by atoms with E-state index in [1.807, 2.05) is 18.2 Å². The summed E-state index contributed by atoms with van der Waals surface area (Å²) in [5, 5.41) is 20.4. The topological polar surface area (TPSA) is 89.4 Å². The van der Waals surface area contributed by atoms with Crippen molar-refractivity contribution in [2.45, 2.75) is 39.2 Å². The summed E-state index contributed by atoms with van der Waals surface area (Å²) in [6, 6.07) is 14.1. The molecule has 0 aliphatic carbocycles. The molecule has 0 radical (unpaired) electrons. The van der Waals surface area contributed by atoms with Gasteiger partial charge in [-0.3, -0.25) is 0 Å². The van der Waals surface area contributed by atoms with Gasteiger partial charge in [-0.1, -0.05) is 19.9 Å². The highest BCUT2D eigenvalue weighted by Crippen LogP contribution is 2.37. The van der Waals surface area contributed by atoms with Gasteiger partial charge in [0.05, 0.1) is 11.1 Å². The summed E-state index contributed by atoms with van der Waals surface area (Å²) in [5.41, 5.74) is 2.92. The van der Waals surface area contributed by atoms with E-state index in [2.05, 4.69) is 76.0 Å². The predicted octanol–water partition coefficient (Wildman–Crippen LogP) is 5.68. The Balaban J connectivity index is 1.44. The van der Waals surface area contributed by atoms with Gasteiger partial charge in [-0.25, -0.2) is 9.97 Å². The van der Waals surface area contributed by atoms with Crippen molar-refractivity contribution in [3.63, 3.8) is 0 Å². The van der Waals surface area contributed by atoms with Gasteiger partial charge in [0.1, 0.15) is 22.1 Å². The van der Waals surface area contributed by atoms with Crippen molar-refractivity contribution in [1.82, 2.24) is 19.9 Å². The summed E-state index contributed by atoms with van der Waals surface area (Å²) in [5.74, 6) is 2.18. The second-order valence-corrected chi connectivity index (χ2v) is 11.3. The first-order chi connectivity index (χ1) is 17.7. The Bertz CT molecular complexity index is 1370. The summed E-state index contributed by atoms with van der Waals surface area (Å²) in [4.78, 5) is 20.0. The summed E-state index contributed by atoms with van der Waals surface area (Å²) in [6.07, 6.45) is 0. The Morgan fingerprint density at radius 2 is 1.68 bits per heavy atom. The molecule has 0 unspecified atom stereocenters. The highest BCUT2D eigenvalue weighted by Gasteiger charge is 2.20. The fraction of sp³-hybridized carbons (Fsp3) is 0.393. The molecule has 9 heteroatoms. The number of fused-ring (bicyclic) bond motifs is 1. The zero-order valence-corrected chi connectivity index (χ0v) is 22.9. The average molecular weight is 518 g/mol. The van der Waals surface area contributed by atoms with E-state index < -0.39 is 5.60 Å². The van der Waals surface area contributed by atoms with Crippen LogP contribution in [0.1, 0.15) is 44.9 Å². The van der Waals surface area contributed by atoms with Crippen LogP contribution in [0.15, 0.2) is 47.8 Å². The molecule has 4 heterocycles. The Morgan fingerprint density at radius 1 is 0.946 bits per heavy atom. The van der Waals surface area contributed by atoms with E-state index >= 15 is 0 Å². The predicted molar refractivity (Wildman–Crippen MR) is 154 cm³/mol. The molecule has 1 fully saturated rings. The maximum atomic E-state index is 10.4. The van der Waals surface area contributed by atoms with Gasteiger partial charge in [-0.05, 0) is 74.2 Å². The minimum absolute atomic E-state index is 0.328. The van der Waals surface area contributed by atoms with Crippen molar-refractivity contribution in [3.05, 3.63) is 59.1 Å². The molecule has 1 saturated heterocycles. The SMILES string of the molecule is CC(C)c1csc2nc(Nc3ccc(N4CCN(C)CC4)cc3)nc(Nc3cccc(C(C)(C)O)n3)c12. The Morgan fingerprint density at radius 3 is 2.35 bits per heavy atom. The van der Waals surface area contributed by atoms with Gasteiger partial charge in [0, 0.05) is 37.6 Å². The molecule has 3 aromatic heterocycles. The number of anilines is 5. The third-order valence-corrected chi connectivity index (χ3v) is 7.59. The molecule has 0 bridgehead atoms. The quantitative estimate of drug-likeness (QED) is 0.289. The van der Waals surface area contributed by atoms with Crippen LogP contribution in [-0.4, -0.2) is 58.2 Å². The minimum atomic E-state index is -1.03. The molecule has 0 atom stereocenters. The third kappa shape index (κ3) is 5.69. The van der Waals surface area contributed by atoms with Gasteiger partial charge < -0.3 is 25.5 Å². The molecule has 1 aliphatic rings. The zero-order chi connectivity index (χ0) is 26.2. The van der Waals surface area contributed by atoms with Crippen LogP contribution in [-0.2, 0) is 5.60 Å². The smallest absolute Gasteiger partial charge is 0.230 e. The van der Waals surface area contributed by atoms with Crippen LogP contribution in [0.3, 0.4) is 0 Å². The Hall–Kier alpha value is -3.27. The number of piperazine rings is 1. The zero-order valence-electron chi connectivity index (χ0n) is 22.1. The van der Waals surface area contributed by atoms with E-state index in [-0.39, 0.29) is 0 Å². The first kappa shape index (κ1) is 25.4. The number of nitrogens with one attached hydrogen (secondary N) is 2. The van der Waals surface area contributed by atoms with Crippen LogP contribution in [0.2, 0.25) is 0 Å². The van der Waals surface area contributed by atoms with Gasteiger partial charge in [0.15, 0.2) is 0 Å². The molecule has 0 spiro atoms. The van der Waals surface area contributed by atoms with Gasteiger partial charge in [-0.2, -0.15) is 4.98 Å². The molecular weight excluding hydrogens is 482 g/mol.